The average molecular weight is 432 g/mol. The van der Waals surface area contributed by atoms with Crippen molar-refractivity contribution in [2.75, 3.05) is 40.1 Å². The third-order valence-corrected chi connectivity index (χ3v) is 6.79. The van der Waals surface area contributed by atoms with E-state index in [0.29, 0.717) is 19.7 Å². The van der Waals surface area contributed by atoms with E-state index in [2.05, 4.69) is 6.92 Å². The second-order valence-corrected chi connectivity index (χ2v) is 9.77. The van der Waals surface area contributed by atoms with E-state index >= 15 is 0 Å². The molecule has 1 unspecified atom stereocenters. The molecular formula is C25H37NO5. The van der Waals surface area contributed by atoms with Gasteiger partial charge in [0.05, 0.1) is 33.0 Å². The Hall–Kier alpha value is -1.79. The standard InChI is InChI=1S/C25H37NO5/c1-25(16-29-17-25)18-31-23-13-19(10-11-22(23)28-2)14-26(15-21-9-6-12-30-21)24(27)20-7-4-3-5-8-20/h10-11,13,20-21H,3-9,12,14-18H2,1-2H3. The Balaban J connectivity index is 1.47. The lowest BCUT2D eigenvalue weighted by molar-refractivity contribution is -0.138. The molecule has 1 aliphatic carbocycles. The molecule has 1 aromatic rings. The minimum atomic E-state index is 0.0593. The number of nitrogens with zero attached hydrogens (tertiary/aromatic N) is 1. The summed E-state index contributed by atoms with van der Waals surface area (Å²) in [5.41, 5.74) is 1.12. The first kappa shape index (κ1) is 22.4. The van der Waals surface area contributed by atoms with Crippen molar-refractivity contribution in [1.82, 2.24) is 4.90 Å². The molecule has 0 spiro atoms. The monoisotopic (exact) mass is 431 g/mol. The molecule has 0 bridgehead atoms. The van der Waals surface area contributed by atoms with Gasteiger partial charge in [-0.15, -0.1) is 0 Å². The maximum atomic E-state index is 13.4. The number of amides is 1. The minimum Gasteiger partial charge on any atom is -0.493 e. The number of carbonyl (C=O) groups excluding carboxylic acids is 1. The van der Waals surface area contributed by atoms with Gasteiger partial charge in [0, 0.05) is 31.0 Å². The van der Waals surface area contributed by atoms with E-state index in [0.717, 1.165) is 75.4 Å². The van der Waals surface area contributed by atoms with Crippen LogP contribution in [0.4, 0.5) is 0 Å². The number of methoxy groups -OCH3 is 1. The Morgan fingerprint density at radius 3 is 2.58 bits per heavy atom. The second kappa shape index (κ2) is 10.2. The van der Waals surface area contributed by atoms with Crippen molar-refractivity contribution in [3.8, 4) is 11.5 Å². The maximum absolute atomic E-state index is 13.4. The molecule has 31 heavy (non-hydrogen) atoms. The average Bonchev–Trinajstić information content (AvgIpc) is 3.29. The van der Waals surface area contributed by atoms with Crippen molar-refractivity contribution < 1.29 is 23.7 Å². The summed E-state index contributed by atoms with van der Waals surface area (Å²) in [6.07, 6.45) is 7.86. The van der Waals surface area contributed by atoms with E-state index < -0.39 is 0 Å². The molecule has 2 saturated heterocycles. The summed E-state index contributed by atoms with van der Waals surface area (Å²) in [4.78, 5) is 15.4. The van der Waals surface area contributed by atoms with Crippen LogP contribution in [0.5, 0.6) is 11.5 Å². The van der Waals surface area contributed by atoms with Crippen molar-refractivity contribution in [3.63, 3.8) is 0 Å². The Kier molecular flexibility index (Phi) is 7.39. The molecule has 172 valence electrons. The highest BCUT2D eigenvalue weighted by Crippen LogP contribution is 2.33. The van der Waals surface area contributed by atoms with Gasteiger partial charge in [-0.3, -0.25) is 4.79 Å². The summed E-state index contributed by atoms with van der Waals surface area (Å²) >= 11 is 0. The van der Waals surface area contributed by atoms with Gasteiger partial charge in [-0.1, -0.05) is 32.3 Å². The fourth-order valence-electron chi connectivity index (χ4n) is 4.81. The summed E-state index contributed by atoms with van der Waals surface area (Å²) in [7, 11) is 1.66. The van der Waals surface area contributed by atoms with Gasteiger partial charge in [-0.05, 0) is 43.4 Å². The third-order valence-electron chi connectivity index (χ3n) is 6.79. The largest absolute Gasteiger partial charge is 0.493 e. The van der Waals surface area contributed by atoms with Gasteiger partial charge in [0.25, 0.3) is 0 Å². The molecule has 1 atom stereocenters. The van der Waals surface area contributed by atoms with Gasteiger partial charge < -0.3 is 23.8 Å². The third kappa shape index (κ3) is 5.72. The van der Waals surface area contributed by atoms with Crippen LogP contribution in [0.3, 0.4) is 0 Å². The van der Waals surface area contributed by atoms with Crippen molar-refractivity contribution in [3.05, 3.63) is 23.8 Å². The van der Waals surface area contributed by atoms with Gasteiger partial charge in [0.1, 0.15) is 0 Å². The lowest BCUT2D eigenvalue weighted by Crippen LogP contribution is -2.44. The summed E-state index contributed by atoms with van der Waals surface area (Å²) in [5, 5.41) is 0. The van der Waals surface area contributed by atoms with Crippen molar-refractivity contribution in [2.45, 2.75) is 64.5 Å². The van der Waals surface area contributed by atoms with Crippen LogP contribution < -0.4 is 9.47 Å². The number of benzene rings is 1. The first-order valence-electron chi connectivity index (χ1n) is 11.8. The zero-order valence-corrected chi connectivity index (χ0v) is 19.1. The van der Waals surface area contributed by atoms with Gasteiger partial charge in [-0.2, -0.15) is 0 Å². The Morgan fingerprint density at radius 2 is 1.94 bits per heavy atom. The normalized spacial score (nSPS) is 23.2. The van der Waals surface area contributed by atoms with Gasteiger partial charge >= 0.3 is 0 Å². The molecule has 2 heterocycles. The van der Waals surface area contributed by atoms with Crippen LogP contribution in [-0.4, -0.2) is 57.0 Å². The van der Waals surface area contributed by atoms with Crippen LogP contribution in [-0.2, 0) is 20.8 Å². The summed E-state index contributed by atoms with van der Waals surface area (Å²) in [6.45, 7) is 6.26. The van der Waals surface area contributed by atoms with E-state index in [1.165, 1.54) is 6.42 Å². The Labute approximate surface area is 186 Å². The molecule has 1 amide bonds. The fourth-order valence-corrected chi connectivity index (χ4v) is 4.81. The molecule has 2 aliphatic heterocycles. The smallest absolute Gasteiger partial charge is 0.226 e. The zero-order chi connectivity index (χ0) is 21.7. The van der Waals surface area contributed by atoms with Gasteiger partial charge in [0.15, 0.2) is 11.5 Å². The predicted molar refractivity (Wildman–Crippen MR) is 118 cm³/mol. The number of ether oxygens (including phenoxy) is 4. The minimum absolute atomic E-state index is 0.0593. The number of carbonyl (C=O) groups is 1. The highest BCUT2D eigenvalue weighted by Gasteiger charge is 2.34. The first-order valence-corrected chi connectivity index (χ1v) is 11.8. The summed E-state index contributed by atoms with van der Waals surface area (Å²) < 4.78 is 22.9. The molecule has 3 aliphatic rings. The SMILES string of the molecule is COc1ccc(CN(CC2CCCO2)C(=O)C2CCCCC2)cc1OCC1(C)COC1. The lowest BCUT2D eigenvalue weighted by atomic mass is 9.88. The molecule has 0 radical (unpaired) electrons. The highest BCUT2D eigenvalue weighted by molar-refractivity contribution is 5.79. The van der Waals surface area contributed by atoms with E-state index in [1.54, 1.807) is 7.11 Å². The van der Waals surface area contributed by atoms with Gasteiger partial charge in [-0.25, -0.2) is 0 Å². The van der Waals surface area contributed by atoms with Crippen molar-refractivity contribution >= 4 is 5.91 Å². The fraction of sp³-hybridized carbons (Fsp3) is 0.720. The van der Waals surface area contributed by atoms with Crippen molar-refractivity contribution in [2.24, 2.45) is 11.3 Å². The number of hydrogen-bond acceptors (Lipinski definition) is 5. The van der Waals surface area contributed by atoms with Crippen LogP contribution in [0.2, 0.25) is 0 Å². The van der Waals surface area contributed by atoms with Crippen LogP contribution in [0.15, 0.2) is 18.2 Å². The quantitative estimate of drug-likeness (QED) is 0.587. The van der Waals surface area contributed by atoms with Crippen LogP contribution >= 0.6 is 0 Å². The number of hydrogen-bond donors (Lipinski definition) is 0. The predicted octanol–water partition coefficient (Wildman–Crippen LogP) is 4.20. The summed E-state index contributed by atoms with van der Waals surface area (Å²) in [6, 6.07) is 6.01. The van der Waals surface area contributed by atoms with E-state index in [1.807, 2.05) is 23.1 Å². The molecule has 1 saturated carbocycles. The summed E-state index contributed by atoms with van der Waals surface area (Å²) in [5.74, 6) is 1.89. The Bertz CT molecular complexity index is 735. The zero-order valence-electron chi connectivity index (χ0n) is 19.1. The topological polar surface area (TPSA) is 57.2 Å². The first-order chi connectivity index (χ1) is 15.1. The molecule has 0 N–H and O–H groups in total. The number of rotatable bonds is 9. The van der Waals surface area contributed by atoms with Gasteiger partial charge in [0.2, 0.25) is 5.91 Å². The molecular weight excluding hydrogens is 394 g/mol. The molecule has 1 aromatic carbocycles. The van der Waals surface area contributed by atoms with E-state index in [9.17, 15) is 4.79 Å². The molecule has 6 nitrogen and oxygen atoms in total. The lowest BCUT2D eigenvalue weighted by Gasteiger charge is -2.37. The van der Waals surface area contributed by atoms with Crippen LogP contribution in [0, 0.1) is 11.3 Å². The Morgan fingerprint density at radius 1 is 1.13 bits per heavy atom. The highest BCUT2D eigenvalue weighted by atomic mass is 16.5. The maximum Gasteiger partial charge on any atom is 0.226 e. The van der Waals surface area contributed by atoms with Crippen LogP contribution in [0.25, 0.3) is 0 Å². The molecule has 3 fully saturated rings. The molecule has 6 heteroatoms. The second-order valence-electron chi connectivity index (χ2n) is 9.77. The van der Waals surface area contributed by atoms with Crippen LogP contribution in [0.1, 0.15) is 57.4 Å². The van der Waals surface area contributed by atoms with Crippen molar-refractivity contribution in [1.29, 1.82) is 0 Å². The van der Waals surface area contributed by atoms with E-state index in [-0.39, 0.29) is 23.3 Å². The van der Waals surface area contributed by atoms with E-state index in [4.69, 9.17) is 18.9 Å². The molecule has 4 rings (SSSR count). The molecule has 0 aromatic heterocycles.